The van der Waals surface area contributed by atoms with E-state index in [1.54, 1.807) is 7.11 Å². The van der Waals surface area contributed by atoms with Crippen molar-refractivity contribution in [3.8, 4) is 5.75 Å². The van der Waals surface area contributed by atoms with Crippen molar-refractivity contribution in [3.05, 3.63) is 29.8 Å². The smallest absolute Gasteiger partial charge is 0.214 e. The maximum absolute atomic E-state index is 12.6. The minimum Gasteiger partial charge on any atom is -0.496 e. The van der Waals surface area contributed by atoms with E-state index < -0.39 is 10.0 Å². The van der Waals surface area contributed by atoms with E-state index in [0.29, 0.717) is 19.8 Å². The van der Waals surface area contributed by atoms with Crippen LogP contribution in [0.15, 0.2) is 24.3 Å². The van der Waals surface area contributed by atoms with Gasteiger partial charge in [-0.05, 0) is 18.9 Å². The molecule has 25 heavy (non-hydrogen) atoms. The van der Waals surface area contributed by atoms with Crippen LogP contribution in [0.5, 0.6) is 5.75 Å². The van der Waals surface area contributed by atoms with Crippen LogP contribution in [-0.2, 0) is 14.8 Å². The Morgan fingerprint density at radius 1 is 1.24 bits per heavy atom. The summed E-state index contributed by atoms with van der Waals surface area (Å²) >= 11 is 0. The van der Waals surface area contributed by atoms with Crippen LogP contribution < -0.4 is 9.46 Å². The number of nitrogens with zero attached hydrogens (tertiary/aromatic N) is 1. The Morgan fingerprint density at radius 3 is 2.60 bits per heavy atom. The van der Waals surface area contributed by atoms with Gasteiger partial charge >= 0.3 is 0 Å². The fraction of sp³-hybridized carbons (Fsp3) is 0.667. The van der Waals surface area contributed by atoms with Gasteiger partial charge in [-0.2, -0.15) is 0 Å². The summed E-state index contributed by atoms with van der Waals surface area (Å²) in [5.74, 6) is 0.791. The van der Waals surface area contributed by atoms with Crippen molar-refractivity contribution in [1.82, 2.24) is 9.62 Å². The summed E-state index contributed by atoms with van der Waals surface area (Å²) in [4.78, 5) is 2.28. The molecule has 1 saturated heterocycles. The number of para-hydroxylation sites is 1. The number of ether oxygens (including phenoxy) is 2. The number of benzene rings is 1. The first-order valence-electron chi connectivity index (χ1n) is 9.05. The third-order valence-electron chi connectivity index (χ3n) is 5.20. The highest BCUT2D eigenvalue weighted by atomic mass is 32.2. The van der Waals surface area contributed by atoms with Gasteiger partial charge in [-0.25, -0.2) is 13.1 Å². The van der Waals surface area contributed by atoms with Crippen molar-refractivity contribution < 1.29 is 17.9 Å². The normalized spacial score (nSPS) is 21.3. The molecule has 3 rings (SSSR count). The first-order chi connectivity index (χ1) is 12.1. The summed E-state index contributed by atoms with van der Waals surface area (Å²) in [5.41, 5.74) is 1.01. The Morgan fingerprint density at radius 2 is 1.92 bits per heavy atom. The van der Waals surface area contributed by atoms with Gasteiger partial charge in [0.15, 0.2) is 0 Å². The zero-order chi connectivity index (χ0) is 17.7. The van der Waals surface area contributed by atoms with Gasteiger partial charge in [0, 0.05) is 25.2 Å². The van der Waals surface area contributed by atoms with Gasteiger partial charge in [0.05, 0.1) is 31.6 Å². The van der Waals surface area contributed by atoms with Gasteiger partial charge in [0.1, 0.15) is 5.75 Å². The van der Waals surface area contributed by atoms with Gasteiger partial charge in [-0.1, -0.05) is 31.0 Å². The fourth-order valence-corrected chi connectivity index (χ4v) is 5.36. The quantitative estimate of drug-likeness (QED) is 0.797. The van der Waals surface area contributed by atoms with E-state index in [1.807, 2.05) is 24.3 Å². The van der Waals surface area contributed by atoms with Gasteiger partial charge in [0.25, 0.3) is 0 Å². The summed E-state index contributed by atoms with van der Waals surface area (Å²) < 4.78 is 39.1. The molecule has 2 fully saturated rings. The average molecular weight is 368 g/mol. The van der Waals surface area contributed by atoms with Crippen LogP contribution >= 0.6 is 0 Å². The molecule has 2 aliphatic rings. The summed E-state index contributed by atoms with van der Waals surface area (Å²) in [6, 6.07) is 7.78. The van der Waals surface area contributed by atoms with Crippen molar-refractivity contribution in [2.24, 2.45) is 0 Å². The van der Waals surface area contributed by atoms with Gasteiger partial charge in [0.2, 0.25) is 10.0 Å². The SMILES string of the molecule is COc1ccccc1C(CNS(=O)(=O)C1CCCC1)N1CCOCC1. The van der Waals surface area contributed by atoms with Crippen LogP contribution in [0.2, 0.25) is 0 Å². The molecule has 7 heteroatoms. The lowest BCUT2D eigenvalue weighted by Gasteiger charge is -2.35. The van der Waals surface area contributed by atoms with Crippen molar-refractivity contribution >= 4 is 10.0 Å². The summed E-state index contributed by atoms with van der Waals surface area (Å²) in [6.45, 7) is 3.27. The minimum atomic E-state index is -3.27. The third kappa shape index (κ3) is 4.53. The highest BCUT2D eigenvalue weighted by molar-refractivity contribution is 7.90. The van der Waals surface area contributed by atoms with E-state index >= 15 is 0 Å². The average Bonchev–Trinajstić information content (AvgIpc) is 3.19. The van der Waals surface area contributed by atoms with E-state index in [4.69, 9.17) is 9.47 Å². The van der Waals surface area contributed by atoms with E-state index in [1.165, 1.54) is 0 Å². The van der Waals surface area contributed by atoms with Crippen LogP contribution in [0, 0.1) is 0 Å². The predicted octanol–water partition coefficient (Wildman–Crippen LogP) is 1.93. The number of nitrogens with one attached hydrogen (secondary N) is 1. The van der Waals surface area contributed by atoms with E-state index in [0.717, 1.165) is 50.1 Å². The lowest BCUT2D eigenvalue weighted by atomic mass is 10.0. The van der Waals surface area contributed by atoms with E-state index in [-0.39, 0.29) is 11.3 Å². The number of methoxy groups -OCH3 is 1. The van der Waals surface area contributed by atoms with Crippen LogP contribution in [-0.4, -0.2) is 58.5 Å². The first-order valence-corrected chi connectivity index (χ1v) is 10.6. The summed E-state index contributed by atoms with van der Waals surface area (Å²) in [7, 11) is -1.62. The minimum absolute atomic E-state index is 0.0590. The molecule has 0 aromatic heterocycles. The standard InChI is InChI=1S/C18H28N2O4S/c1-23-18-9-5-4-8-16(18)17(20-10-12-24-13-11-20)14-19-25(21,22)15-6-2-3-7-15/h4-5,8-9,15,17,19H,2-3,6-7,10-14H2,1H3. The number of rotatable bonds is 7. The van der Waals surface area contributed by atoms with Crippen molar-refractivity contribution in [1.29, 1.82) is 0 Å². The number of hydrogen-bond acceptors (Lipinski definition) is 5. The first kappa shape index (κ1) is 18.6. The molecule has 1 atom stereocenters. The van der Waals surface area contributed by atoms with Crippen molar-refractivity contribution in [3.63, 3.8) is 0 Å². The third-order valence-corrected chi connectivity index (χ3v) is 7.12. The van der Waals surface area contributed by atoms with Crippen molar-refractivity contribution in [2.75, 3.05) is 40.0 Å². The molecule has 1 aliphatic heterocycles. The molecule has 1 saturated carbocycles. The van der Waals surface area contributed by atoms with Crippen molar-refractivity contribution in [2.45, 2.75) is 37.0 Å². The fourth-order valence-electron chi connectivity index (χ4n) is 3.78. The molecular weight excluding hydrogens is 340 g/mol. The lowest BCUT2D eigenvalue weighted by molar-refractivity contribution is 0.0167. The summed E-state index contributed by atoms with van der Waals surface area (Å²) in [6.07, 6.45) is 3.55. The van der Waals surface area contributed by atoms with E-state index in [9.17, 15) is 8.42 Å². The van der Waals surface area contributed by atoms with Gasteiger partial charge in [-0.15, -0.1) is 0 Å². The molecule has 0 radical (unpaired) electrons. The Kier molecular flexibility index (Phi) is 6.33. The zero-order valence-electron chi connectivity index (χ0n) is 14.8. The molecule has 1 heterocycles. The second-order valence-corrected chi connectivity index (χ2v) is 8.75. The molecule has 6 nitrogen and oxygen atoms in total. The Labute approximate surface area is 150 Å². The molecule has 1 aliphatic carbocycles. The number of morpholine rings is 1. The zero-order valence-corrected chi connectivity index (χ0v) is 15.6. The molecule has 1 aromatic rings. The number of hydrogen-bond donors (Lipinski definition) is 1. The monoisotopic (exact) mass is 368 g/mol. The highest BCUT2D eigenvalue weighted by Crippen LogP contribution is 2.30. The summed E-state index contributed by atoms with van der Waals surface area (Å²) in [5, 5.41) is -0.240. The second kappa shape index (κ2) is 8.49. The Hall–Kier alpha value is -1.15. The molecule has 1 unspecified atom stereocenters. The van der Waals surface area contributed by atoms with Gasteiger partial charge in [-0.3, -0.25) is 4.90 Å². The van der Waals surface area contributed by atoms with Crippen LogP contribution in [0.4, 0.5) is 0 Å². The lowest BCUT2D eigenvalue weighted by Crippen LogP contribution is -2.45. The van der Waals surface area contributed by atoms with Crippen LogP contribution in [0.3, 0.4) is 0 Å². The maximum atomic E-state index is 12.6. The second-order valence-electron chi connectivity index (χ2n) is 6.71. The molecular formula is C18H28N2O4S. The molecule has 140 valence electrons. The molecule has 0 amide bonds. The highest BCUT2D eigenvalue weighted by Gasteiger charge is 2.31. The number of sulfonamides is 1. The largest absolute Gasteiger partial charge is 0.496 e. The molecule has 1 aromatic carbocycles. The van der Waals surface area contributed by atoms with Crippen LogP contribution in [0.1, 0.15) is 37.3 Å². The predicted molar refractivity (Wildman–Crippen MR) is 97.3 cm³/mol. The molecule has 0 spiro atoms. The Bertz CT molecular complexity index is 653. The van der Waals surface area contributed by atoms with Crippen LogP contribution in [0.25, 0.3) is 0 Å². The van der Waals surface area contributed by atoms with E-state index in [2.05, 4.69) is 9.62 Å². The molecule has 1 N–H and O–H groups in total. The Balaban J connectivity index is 1.78. The van der Waals surface area contributed by atoms with Gasteiger partial charge < -0.3 is 9.47 Å². The maximum Gasteiger partial charge on any atom is 0.214 e. The molecule has 0 bridgehead atoms. The topological polar surface area (TPSA) is 67.9 Å².